The van der Waals surface area contributed by atoms with Gasteiger partial charge in [-0.05, 0) is 19.9 Å². The van der Waals surface area contributed by atoms with Gasteiger partial charge in [-0.2, -0.15) is 10.2 Å². The molecule has 1 aliphatic rings. The van der Waals surface area contributed by atoms with Crippen molar-refractivity contribution in [2.24, 2.45) is 7.05 Å². The highest BCUT2D eigenvalue weighted by molar-refractivity contribution is 6.04. The van der Waals surface area contributed by atoms with Crippen molar-refractivity contribution in [2.75, 3.05) is 19.8 Å². The molecule has 1 amide bonds. The van der Waals surface area contributed by atoms with E-state index >= 15 is 0 Å². The average Bonchev–Trinajstić information content (AvgIpc) is 3.15. The number of H-pyrrole nitrogens is 1. The fourth-order valence-corrected chi connectivity index (χ4v) is 3.62. The van der Waals surface area contributed by atoms with Crippen LogP contribution in [0.3, 0.4) is 0 Å². The van der Waals surface area contributed by atoms with Crippen LogP contribution in [0.5, 0.6) is 0 Å². The van der Waals surface area contributed by atoms with Crippen molar-refractivity contribution < 1.29 is 9.53 Å². The summed E-state index contributed by atoms with van der Waals surface area (Å²) in [7, 11) is 1.92. The molecule has 0 saturated carbocycles. The number of aromatic amines is 1. The fraction of sp³-hybridized carbons (Fsp3) is 0.389. The van der Waals surface area contributed by atoms with Crippen molar-refractivity contribution in [2.45, 2.75) is 19.9 Å². The van der Waals surface area contributed by atoms with E-state index in [9.17, 15) is 4.79 Å². The number of hydrogen-bond acceptors (Lipinski definition) is 4. The second-order valence-corrected chi connectivity index (χ2v) is 6.42. The van der Waals surface area contributed by atoms with Gasteiger partial charge in [0.15, 0.2) is 5.69 Å². The van der Waals surface area contributed by atoms with Gasteiger partial charge in [0.05, 0.1) is 30.5 Å². The van der Waals surface area contributed by atoms with Gasteiger partial charge in [0, 0.05) is 30.2 Å². The Hall–Kier alpha value is -2.67. The third-order valence-corrected chi connectivity index (χ3v) is 4.96. The highest BCUT2D eigenvalue weighted by Gasteiger charge is 2.34. The first-order valence-electron chi connectivity index (χ1n) is 8.40. The number of rotatable bonds is 2. The number of morpholine rings is 1. The average molecular weight is 339 g/mol. The molecule has 0 unspecified atom stereocenters. The van der Waals surface area contributed by atoms with Crippen molar-refractivity contribution in [3.63, 3.8) is 0 Å². The summed E-state index contributed by atoms with van der Waals surface area (Å²) in [5.41, 5.74) is 4.37. The highest BCUT2D eigenvalue weighted by Crippen LogP contribution is 2.31. The Morgan fingerprint density at radius 1 is 1.32 bits per heavy atom. The maximum Gasteiger partial charge on any atom is 0.275 e. The second-order valence-electron chi connectivity index (χ2n) is 6.42. The molecule has 130 valence electrons. The third-order valence-electron chi connectivity index (χ3n) is 4.96. The van der Waals surface area contributed by atoms with Crippen LogP contribution in [-0.2, 0) is 11.8 Å². The number of aromatic nitrogens is 4. The lowest BCUT2D eigenvalue weighted by atomic mass is 10.0. The van der Waals surface area contributed by atoms with E-state index in [4.69, 9.17) is 4.74 Å². The third kappa shape index (κ3) is 2.51. The van der Waals surface area contributed by atoms with Gasteiger partial charge in [0.1, 0.15) is 0 Å². The molecule has 7 nitrogen and oxygen atoms in total. The second kappa shape index (κ2) is 6.00. The molecule has 1 aromatic carbocycles. The summed E-state index contributed by atoms with van der Waals surface area (Å²) in [6.07, 6.45) is 0. The normalized spacial score (nSPS) is 18.0. The summed E-state index contributed by atoms with van der Waals surface area (Å²) >= 11 is 0. The number of para-hydroxylation sites is 1. The Balaban J connectivity index is 1.75. The number of carbonyl (C=O) groups excluding carboxylic acids is 1. The van der Waals surface area contributed by atoms with Gasteiger partial charge < -0.3 is 9.64 Å². The predicted molar refractivity (Wildman–Crippen MR) is 93.4 cm³/mol. The molecule has 0 spiro atoms. The first kappa shape index (κ1) is 15.8. The van der Waals surface area contributed by atoms with E-state index in [1.807, 2.05) is 54.7 Å². The minimum absolute atomic E-state index is 0.0756. The van der Waals surface area contributed by atoms with Crippen molar-refractivity contribution >= 4 is 16.8 Å². The van der Waals surface area contributed by atoms with E-state index in [-0.39, 0.29) is 11.9 Å². The largest absolute Gasteiger partial charge is 0.377 e. The Morgan fingerprint density at radius 3 is 2.88 bits per heavy atom. The molecule has 1 atom stereocenters. The smallest absolute Gasteiger partial charge is 0.275 e. The summed E-state index contributed by atoms with van der Waals surface area (Å²) in [6.45, 7) is 5.54. The van der Waals surface area contributed by atoms with E-state index in [2.05, 4.69) is 15.3 Å². The zero-order valence-electron chi connectivity index (χ0n) is 14.6. The molecule has 3 heterocycles. The Kier molecular flexibility index (Phi) is 3.80. The zero-order valence-corrected chi connectivity index (χ0v) is 14.6. The number of amides is 1. The zero-order chi connectivity index (χ0) is 17.6. The molecular formula is C18H21N5O2. The van der Waals surface area contributed by atoms with Crippen LogP contribution in [0, 0.1) is 13.8 Å². The monoisotopic (exact) mass is 339 g/mol. The number of nitrogens with zero attached hydrogens (tertiary/aromatic N) is 4. The number of benzene rings is 1. The minimum Gasteiger partial charge on any atom is -0.377 e. The quantitative estimate of drug-likeness (QED) is 0.776. The van der Waals surface area contributed by atoms with Crippen LogP contribution in [-0.4, -0.2) is 50.5 Å². The molecule has 0 aliphatic carbocycles. The van der Waals surface area contributed by atoms with Crippen molar-refractivity contribution in [3.05, 3.63) is 46.9 Å². The van der Waals surface area contributed by atoms with Crippen LogP contribution in [0.25, 0.3) is 10.9 Å². The molecular weight excluding hydrogens is 318 g/mol. The number of nitrogens with one attached hydrogen (secondary N) is 1. The maximum atomic E-state index is 13.2. The Morgan fingerprint density at radius 2 is 2.12 bits per heavy atom. The lowest BCUT2D eigenvalue weighted by molar-refractivity contribution is -0.00325. The summed E-state index contributed by atoms with van der Waals surface area (Å²) in [4.78, 5) is 15.1. The first-order chi connectivity index (χ1) is 12.1. The van der Waals surface area contributed by atoms with Crippen LogP contribution in [0.2, 0.25) is 0 Å². The number of hydrogen-bond donors (Lipinski definition) is 1. The first-order valence-corrected chi connectivity index (χ1v) is 8.40. The van der Waals surface area contributed by atoms with Crippen LogP contribution in [0.4, 0.5) is 0 Å². The SMILES string of the molecule is Cc1nn(C)c(C)c1[C@@H]1COCCN1C(=O)c1n[nH]c2ccccc12. The van der Waals surface area contributed by atoms with Crippen molar-refractivity contribution in [1.29, 1.82) is 0 Å². The fourth-order valence-electron chi connectivity index (χ4n) is 3.62. The minimum atomic E-state index is -0.148. The van der Waals surface area contributed by atoms with Crippen LogP contribution < -0.4 is 0 Å². The number of carbonyl (C=O) groups is 1. The molecule has 0 bridgehead atoms. The van der Waals surface area contributed by atoms with Gasteiger partial charge in [-0.1, -0.05) is 18.2 Å². The van der Waals surface area contributed by atoms with Gasteiger partial charge in [-0.25, -0.2) is 0 Å². The molecule has 1 aliphatic heterocycles. The van der Waals surface area contributed by atoms with Crippen LogP contribution >= 0.6 is 0 Å². The maximum absolute atomic E-state index is 13.2. The topological polar surface area (TPSA) is 76.0 Å². The molecule has 0 radical (unpaired) electrons. The molecule has 1 N–H and O–H groups in total. The predicted octanol–water partition coefficient (Wildman–Crippen LogP) is 2.13. The Bertz CT molecular complexity index is 942. The lowest BCUT2D eigenvalue weighted by Gasteiger charge is -2.35. The number of fused-ring (bicyclic) bond motifs is 1. The van der Waals surface area contributed by atoms with E-state index < -0.39 is 0 Å². The van der Waals surface area contributed by atoms with Gasteiger partial charge in [0.25, 0.3) is 5.91 Å². The highest BCUT2D eigenvalue weighted by atomic mass is 16.5. The van der Waals surface area contributed by atoms with Crippen LogP contribution in [0.1, 0.15) is 33.5 Å². The number of ether oxygens (including phenoxy) is 1. The van der Waals surface area contributed by atoms with E-state index in [1.165, 1.54) is 0 Å². The lowest BCUT2D eigenvalue weighted by Crippen LogP contribution is -2.44. The summed E-state index contributed by atoms with van der Waals surface area (Å²) < 4.78 is 7.53. The molecule has 1 fully saturated rings. The van der Waals surface area contributed by atoms with Gasteiger partial charge in [0.2, 0.25) is 0 Å². The Labute approximate surface area is 145 Å². The van der Waals surface area contributed by atoms with E-state index in [1.54, 1.807) is 0 Å². The van der Waals surface area contributed by atoms with Crippen LogP contribution in [0.15, 0.2) is 24.3 Å². The van der Waals surface area contributed by atoms with Gasteiger partial charge in [-0.3, -0.25) is 14.6 Å². The molecule has 1 saturated heterocycles. The van der Waals surface area contributed by atoms with Crippen molar-refractivity contribution in [1.82, 2.24) is 24.9 Å². The molecule has 3 aromatic rings. The van der Waals surface area contributed by atoms with Crippen molar-refractivity contribution in [3.8, 4) is 0 Å². The molecule has 4 rings (SSSR count). The standard InChI is InChI=1S/C18H21N5O2/c1-11-16(12(2)22(3)21-11)15-10-25-9-8-23(15)18(24)17-13-6-4-5-7-14(13)19-20-17/h4-7,15H,8-10H2,1-3H3,(H,19,20)/t15-/m0/s1. The van der Waals surface area contributed by atoms with Gasteiger partial charge in [-0.15, -0.1) is 0 Å². The summed E-state index contributed by atoms with van der Waals surface area (Å²) in [5.74, 6) is -0.0756. The van der Waals surface area contributed by atoms with E-state index in [0.717, 1.165) is 27.9 Å². The van der Waals surface area contributed by atoms with E-state index in [0.29, 0.717) is 25.5 Å². The summed E-state index contributed by atoms with van der Waals surface area (Å²) in [6, 6.07) is 7.54. The van der Waals surface area contributed by atoms with Gasteiger partial charge >= 0.3 is 0 Å². The number of aryl methyl sites for hydroxylation is 2. The molecule has 2 aromatic heterocycles. The molecule has 7 heteroatoms. The summed E-state index contributed by atoms with van der Waals surface area (Å²) in [5, 5.41) is 12.6. The molecule has 25 heavy (non-hydrogen) atoms.